The summed E-state index contributed by atoms with van der Waals surface area (Å²) in [5, 5.41) is 3.03. The zero-order valence-corrected chi connectivity index (χ0v) is 17.7. The van der Waals surface area contributed by atoms with E-state index in [0.717, 1.165) is 12.8 Å². The number of benzene rings is 2. The van der Waals surface area contributed by atoms with E-state index in [1.165, 1.54) is 28.6 Å². The van der Waals surface area contributed by atoms with Crippen LogP contribution >= 0.6 is 11.6 Å². The second kappa shape index (κ2) is 9.88. The molecular weight excluding hydrogens is 428 g/mol. The molecule has 0 aliphatic carbocycles. The molecule has 1 amide bonds. The molecule has 30 heavy (non-hydrogen) atoms. The van der Waals surface area contributed by atoms with E-state index in [4.69, 9.17) is 16.3 Å². The fourth-order valence-corrected chi connectivity index (χ4v) is 4.72. The molecule has 0 spiro atoms. The summed E-state index contributed by atoms with van der Waals surface area (Å²) in [5.41, 5.74) is 0.958. The lowest BCUT2D eigenvalue weighted by Gasteiger charge is -2.16. The lowest BCUT2D eigenvalue weighted by Crippen LogP contribution is -2.28. The van der Waals surface area contributed by atoms with Gasteiger partial charge in [0.05, 0.1) is 4.90 Å². The Morgan fingerprint density at radius 3 is 2.57 bits per heavy atom. The van der Waals surface area contributed by atoms with Crippen LogP contribution in [0.5, 0.6) is 0 Å². The second-order valence-corrected chi connectivity index (χ2v) is 8.99. The molecule has 7 nitrogen and oxygen atoms in total. The Morgan fingerprint density at radius 1 is 1.10 bits per heavy atom. The lowest BCUT2D eigenvalue weighted by molar-refractivity contribution is -0.142. The number of rotatable bonds is 7. The molecule has 1 saturated heterocycles. The van der Waals surface area contributed by atoms with Crippen LogP contribution in [0.25, 0.3) is 6.08 Å². The molecule has 1 fully saturated rings. The number of nitrogens with one attached hydrogen (secondary N) is 1. The number of esters is 1. The van der Waals surface area contributed by atoms with E-state index >= 15 is 0 Å². The van der Waals surface area contributed by atoms with Crippen molar-refractivity contribution in [1.29, 1.82) is 0 Å². The van der Waals surface area contributed by atoms with E-state index < -0.39 is 28.5 Å². The Morgan fingerprint density at radius 2 is 1.83 bits per heavy atom. The second-order valence-electron chi connectivity index (χ2n) is 6.65. The fourth-order valence-electron chi connectivity index (χ4n) is 2.96. The Bertz CT molecular complexity index is 1060. The van der Waals surface area contributed by atoms with E-state index in [1.807, 2.05) is 0 Å². The van der Waals surface area contributed by atoms with Gasteiger partial charge in [-0.15, -0.1) is 0 Å². The summed E-state index contributed by atoms with van der Waals surface area (Å²) in [6.45, 7) is 0.488. The van der Waals surface area contributed by atoms with Gasteiger partial charge in [0.1, 0.15) is 0 Å². The Hall–Kier alpha value is -2.68. The summed E-state index contributed by atoms with van der Waals surface area (Å²) in [6, 6.07) is 13.0. The Balaban J connectivity index is 1.55. The van der Waals surface area contributed by atoms with Crippen molar-refractivity contribution in [3.63, 3.8) is 0 Å². The highest BCUT2D eigenvalue weighted by Gasteiger charge is 2.27. The van der Waals surface area contributed by atoms with E-state index in [1.54, 1.807) is 36.4 Å². The minimum absolute atomic E-state index is 0.113. The molecule has 0 atom stereocenters. The third-order valence-corrected chi connectivity index (χ3v) is 6.71. The molecule has 2 aromatic carbocycles. The van der Waals surface area contributed by atoms with Gasteiger partial charge < -0.3 is 10.1 Å². The zero-order valence-electron chi connectivity index (χ0n) is 16.1. The van der Waals surface area contributed by atoms with Crippen LogP contribution in [0.4, 0.5) is 5.69 Å². The highest BCUT2D eigenvalue weighted by molar-refractivity contribution is 7.89. The summed E-state index contributed by atoms with van der Waals surface area (Å²) >= 11 is 6.00. The molecule has 0 saturated carbocycles. The van der Waals surface area contributed by atoms with Crippen molar-refractivity contribution in [2.24, 2.45) is 0 Å². The largest absolute Gasteiger partial charge is 0.452 e. The summed E-state index contributed by atoms with van der Waals surface area (Å²) in [7, 11) is -3.58. The van der Waals surface area contributed by atoms with Gasteiger partial charge in [-0.05, 0) is 48.7 Å². The van der Waals surface area contributed by atoms with Crippen molar-refractivity contribution >= 4 is 45.3 Å². The third kappa shape index (κ3) is 5.69. The predicted molar refractivity (Wildman–Crippen MR) is 115 cm³/mol. The first-order valence-electron chi connectivity index (χ1n) is 9.36. The molecule has 1 N–H and O–H groups in total. The first kappa shape index (κ1) is 22.0. The van der Waals surface area contributed by atoms with Gasteiger partial charge in [-0.1, -0.05) is 35.9 Å². The lowest BCUT2D eigenvalue weighted by atomic mass is 10.2. The molecule has 1 aliphatic rings. The van der Waals surface area contributed by atoms with Crippen LogP contribution in [0.1, 0.15) is 18.4 Å². The minimum Gasteiger partial charge on any atom is -0.452 e. The predicted octanol–water partition coefficient (Wildman–Crippen LogP) is 3.32. The standard InChI is InChI=1S/C21H21ClN2O5S/c22-19-9-2-1-6-16(19)10-11-21(26)29-15-20(25)23-17-7-5-8-18(14-17)30(27,28)24-12-3-4-13-24/h1-2,5-11,14H,3-4,12-13,15H2,(H,23,25)/b11-10+. The van der Waals surface area contributed by atoms with Gasteiger partial charge in [0.25, 0.3) is 5.91 Å². The van der Waals surface area contributed by atoms with Crippen LogP contribution in [0, 0.1) is 0 Å². The van der Waals surface area contributed by atoms with E-state index in [0.29, 0.717) is 29.4 Å². The number of hydrogen-bond donors (Lipinski definition) is 1. The van der Waals surface area contributed by atoms with Crippen molar-refractivity contribution in [2.75, 3.05) is 25.0 Å². The molecule has 158 valence electrons. The SMILES string of the molecule is O=C(COC(=O)/C=C/c1ccccc1Cl)Nc1cccc(S(=O)(=O)N2CCCC2)c1. The van der Waals surface area contributed by atoms with E-state index in [2.05, 4.69) is 5.32 Å². The molecule has 0 aromatic heterocycles. The maximum Gasteiger partial charge on any atom is 0.331 e. The average Bonchev–Trinajstić information content (AvgIpc) is 3.28. The van der Waals surface area contributed by atoms with Crippen LogP contribution in [0.2, 0.25) is 5.02 Å². The van der Waals surface area contributed by atoms with Crippen LogP contribution in [-0.4, -0.2) is 44.3 Å². The van der Waals surface area contributed by atoms with Gasteiger partial charge in [0.2, 0.25) is 10.0 Å². The van der Waals surface area contributed by atoms with Crippen LogP contribution in [-0.2, 0) is 24.3 Å². The topological polar surface area (TPSA) is 92.8 Å². The van der Waals surface area contributed by atoms with Crippen LogP contribution < -0.4 is 5.32 Å². The number of halogens is 1. The normalized spacial score (nSPS) is 14.7. The number of amides is 1. The number of hydrogen-bond acceptors (Lipinski definition) is 5. The molecule has 1 heterocycles. The van der Waals surface area contributed by atoms with Crippen molar-refractivity contribution in [2.45, 2.75) is 17.7 Å². The van der Waals surface area contributed by atoms with Crippen molar-refractivity contribution in [1.82, 2.24) is 4.31 Å². The Kier molecular flexibility index (Phi) is 7.25. The average molecular weight is 449 g/mol. The van der Waals surface area contributed by atoms with Crippen molar-refractivity contribution in [3.8, 4) is 0 Å². The quantitative estimate of drug-likeness (QED) is 0.518. The summed E-state index contributed by atoms with van der Waals surface area (Å²) in [4.78, 5) is 24.0. The zero-order chi connectivity index (χ0) is 21.6. The summed E-state index contributed by atoms with van der Waals surface area (Å²) in [6.07, 6.45) is 4.35. The molecule has 1 aliphatic heterocycles. The summed E-state index contributed by atoms with van der Waals surface area (Å²) < 4.78 is 31.6. The molecule has 2 aromatic rings. The van der Waals surface area contributed by atoms with E-state index in [9.17, 15) is 18.0 Å². The fraction of sp³-hybridized carbons (Fsp3) is 0.238. The van der Waals surface area contributed by atoms with Gasteiger partial charge in [0, 0.05) is 29.9 Å². The van der Waals surface area contributed by atoms with Gasteiger partial charge in [-0.3, -0.25) is 4.79 Å². The number of anilines is 1. The van der Waals surface area contributed by atoms with Crippen LogP contribution in [0.3, 0.4) is 0 Å². The first-order chi connectivity index (χ1) is 14.4. The number of ether oxygens (including phenoxy) is 1. The number of carbonyl (C=O) groups is 2. The third-order valence-electron chi connectivity index (χ3n) is 4.47. The van der Waals surface area contributed by atoms with Gasteiger partial charge in [-0.2, -0.15) is 4.31 Å². The maximum atomic E-state index is 12.6. The number of nitrogens with zero attached hydrogens (tertiary/aromatic N) is 1. The van der Waals surface area contributed by atoms with Crippen molar-refractivity contribution in [3.05, 3.63) is 65.2 Å². The number of carbonyl (C=O) groups excluding carboxylic acids is 2. The maximum absolute atomic E-state index is 12.6. The highest BCUT2D eigenvalue weighted by Crippen LogP contribution is 2.23. The smallest absolute Gasteiger partial charge is 0.331 e. The Labute approximate surface area is 180 Å². The molecule has 0 bridgehead atoms. The van der Waals surface area contributed by atoms with Crippen LogP contribution in [0.15, 0.2) is 59.5 Å². The first-order valence-corrected chi connectivity index (χ1v) is 11.2. The summed E-state index contributed by atoms with van der Waals surface area (Å²) in [5.74, 6) is -1.28. The van der Waals surface area contributed by atoms with Gasteiger partial charge in [-0.25, -0.2) is 13.2 Å². The molecule has 0 unspecified atom stereocenters. The van der Waals surface area contributed by atoms with Gasteiger partial charge >= 0.3 is 5.97 Å². The van der Waals surface area contributed by atoms with Gasteiger partial charge in [0.15, 0.2) is 6.61 Å². The molecule has 3 rings (SSSR count). The molecule has 0 radical (unpaired) electrons. The molecular formula is C21H21ClN2O5S. The monoisotopic (exact) mass is 448 g/mol. The molecule has 9 heteroatoms. The number of sulfonamides is 1. The van der Waals surface area contributed by atoms with E-state index in [-0.39, 0.29) is 4.90 Å². The van der Waals surface area contributed by atoms with Crippen molar-refractivity contribution < 1.29 is 22.7 Å². The highest BCUT2D eigenvalue weighted by atomic mass is 35.5. The minimum atomic E-state index is -3.58.